The summed E-state index contributed by atoms with van der Waals surface area (Å²) in [5.74, 6) is -0.0871. The van der Waals surface area contributed by atoms with Crippen LogP contribution >= 0.6 is 0 Å². The average molecular weight is 493 g/mol. The number of carbonyl (C=O) groups excluding carboxylic acids is 1. The Balaban J connectivity index is 0.000000815. The molecule has 6 heteroatoms. The van der Waals surface area contributed by atoms with Gasteiger partial charge in [0.05, 0.1) is 0 Å². The van der Waals surface area contributed by atoms with E-state index in [1.54, 1.807) is 12.1 Å². The smallest absolute Gasteiger partial charge is 0.303 e. The Bertz CT molecular complexity index is 828. The van der Waals surface area contributed by atoms with Crippen molar-refractivity contribution >= 4 is 5.97 Å². The van der Waals surface area contributed by atoms with E-state index in [9.17, 15) is 9.18 Å². The Morgan fingerprint density at radius 1 is 0.914 bits per heavy atom. The third-order valence-electron chi connectivity index (χ3n) is 8.18. The van der Waals surface area contributed by atoms with Crippen molar-refractivity contribution in [3.05, 3.63) is 35.6 Å². The topological polar surface area (TPSA) is 54.0 Å². The Hall–Kier alpha value is -1.50. The summed E-state index contributed by atoms with van der Waals surface area (Å²) < 4.78 is 26.1. The lowest BCUT2D eigenvalue weighted by atomic mass is 9.62. The molecule has 2 bridgehead atoms. The SMILES string of the molecule is CC.CC.CC(=O)OC1(c2ccc(F)cc2)CCC2(CC1)OOC1(O2)C(C)CC2CC(C)CC1C2. The molecule has 5 nitrogen and oxygen atoms in total. The first-order chi connectivity index (χ1) is 16.7. The van der Waals surface area contributed by atoms with E-state index in [-0.39, 0.29) is 17.7 Å². The number of rotatable bonds is 2. The van der Waals surface area contributed by atoms with Crippen LogP contribution in [0.5, 0.6) is 0 Å². The predicted molar refractivity (Wildman–Crippen MR) is 134 cm³/mol. The number of carbonyl (C=O) groups is 1. The molecular formula is C29H45FO5. The molecule has 0 aromatic heterocycles. The summed E-state index contributed by atoms with van der Waals surface area (Å²) in [7, 11) is 0. The van der Waals surface area contributed by atoms with Crippen LogP contribution in [0.15, 0.2) is 24.3 Å². The van der Waals surface area contributed by atoms with E-state index in [0.717, 1.165) is 30.7 Å². The van der Waals surface area contributed by atoms with E-state index in [1.165, 1.54) is 25.5 Å². The quantitative estimate of drug-likeness (QED) is 0.313. The molecule has 0 N–H and O–H groups in total. The van der Waals surface area contributed by atoms with Gasteiger partial charge in [-0.05, 0) is 68.1 Å². The number of hydrogen-bond donors (Lipinski definition) is 0. The van der Waals surface area contributed by atoms with E-state index in [0.29, 0.717) is 37.5 Å². The maximum atomic E-state index is 13.5. The molecule has 4 fully saturated rings. The van der Waals surface area contributed by atoms with Crippen LogP contribution in [0, 0.1) is 29.5 Å². The molecule has 4 aliphatic rings. The van der Waals surface area contributed by atoms with Crippen LogP contribution in [0.1, 0.15) is 105 Å². The molecule has 1 heterocycles. The Kier molecular flexibility index (Phi) is 9.04. The Morgan fingerprint density at radius 3 is 2.14 bits per heavy atom. The normalized spacial score (nSPS) is 39.8. The molecule has 3 saturated carbocycles. The van der Waals surface area contributed by atoms with Crippen LogP contribution in [0.2, 0.25) is 0 Å². The van der Waals surface area contributed by atoms with Crippen LogP contribution < -0.4 is 0 Å². The lowest BCUT2D eigenvalue weighted by molar-refractivity contribution is -0.381. The summed E-state index contributed by atoms with van der Waals surface area (Å²) in [6, 6.07) is 6.24. The second-order valence-electron chi connectivity index (χ2n) is 10.5. The standard InChI is InChI=1S/C25H33FO5.2C2H6/c1-16-12-19-14-17(2)25(21(13-16)15-19)29-24(30-31-25)10-8-23(9-11-24,28-18(3)27)20-4-6-22(26)7-5-20;2*1-2/h4-7,16-17,19,21H,8-15H2,1-3H3;2*1-2H3. The zero-order valence-electron chi connectivity index (χ0n) is 22.7. The van der Waals surface area contributed by atoms with Gasteiger partial charge in [-0.25, -0.2) is 4.39 Å². The zero-order chi connectivity index (χ0) is 25.9. The van der Waals surface area contributed by atoms with Gasteiger partial charge < -0.3 is 9.47 Å². The van der Waals surface area contributed by atoms with Crippen molar-refractivity contribution < 1.29 is 28.4 Å². The van der Waals surface area contributed by atoms with Gasteiger partial charge in [0.1, 0.15) is 11.4 Å². The van der Waals surface area contributed by atoms with Gasteiger partial charge in [-0.3, -0.25) is 4.79 Å². The zero-order valence-corrected chi connectivity index (χ0v) is 22.7. The predicted octanol–water partition coefficient (Wildman–Crippen LogP) is 7.67. The molecule has 1 aromatic rings. The largest absolute Gasteiger partial charge is 0.454 e. The maximum Gasteiger partial charge on any atom is 0.303 e. The van der Waals surface area contributed by atoms with E-state index in [4.69, 9.17) is 19.2 Å². The highest BCUT2D eigenvalue weighted by atomic mass is 19.1. The van der Waals surface area contributed by atoms with E-state index in [2.05, 4.69) is 13.8 Å². The van der Waals surface area contributed by atoms with Gasteiger partial charge in [-0.2, -0.15) is 9.78 Å². The number of benzene rings is 1. The first-order valence-electron chi connectivity index (χ1n) is 13.8. The number of fused-ring (bicyclic) bond motifs is 3. The van der Waals surface area contributed by atoms with E-state index >= 15 is 0 Å². The van der Waals surface area contributed by atoms with Crippen LogP contribution in [0.25, 0.3) is 0 Å². The van der Waals surface area contributed by atoms with Gasteiger partial charge >= 0.3 is 5.97 Å². The Labute approximate surface area is 211 Å². The second kappa shape index (κ2) is 11.3. The van der Waals surface area contributed by atoms with Crippen LogP contribution in [0.3, 0.4) is 0 Å². The summed E-state index contributed by atoms with van der Waals surface area (Å²) in [6.45, 7) is 14.0. The molecule has 0 radical (unpaired) electrons. The van der Waals surface area contributed by atoms with Crippen molar-refractivity contribution in [1.82, 2.24) is 0 Å². The van der Waals surface area contributed by atoms with Crippen LogP contribution in [0.4, 0.5) is 4.39 Å². The van der Waals surface area contributed by atoms with E-state index in [1.807, 2.05) is 27.7 Å². The molecule has 1 aliphatic heterocycles. The molecule has 5 atom stereocenters. The molecule has 2 spiro atoms. The summed E-state index contributed by atoms with van der Waals surface area (Å²) in [4.78, 5) is 24.0. The summed E-state index contributed by atoms with van der Waals surface area (Å²) >= 11 is 0. The molecule has 5 rings (SSSR count). The van der Waals surface area contributed by atoms with Gasteiger partial charge in [0, 0.05) is 31.6 Å². The fraction of sp³-hybridized carbons (Fsp3) is 0.759. The molecule has 3 aliphatic carbocycles. The molecule has 5 unspecified atom stereocenters. The van der Waals surface area contributed by atoms with Gasteiger partial charge in [0.25, 0.3) is 0 Å². The molecule has 1 saturated heterocycles. The second-order valence-corrected chi connectivity index (χ2v) is 10.5. The molecule has 35 heavy (non-hydrogen) atoms. The highest BCUT2D eigenvalue weighted by molar-refractivity contribution is 5.67. The highest BCUT2D eigenvalue weighted by Crippen LogP contribution is 2.59. The number of halogens is 1. The van der Waals surface area contributed by atoms with E-state index < -0.39 is 17.2 Å². The fourth-order valence-corrected chi connectivity index (χ4v) is 6.83. The molecule has 0 amide bonds. The van der Waals surface area contributed by atoms with Crippen molar-refractivity contribution in [1.29, 1.82) is 0 Å². The summed E-state index contributed by atoms with van der Waals surface area (Å²) in [5, 5.41) is 0. The first-order valence-corrected chi connectivity index (χ1v) is 13.8. The number of esters is 1. The van der Waals surface area contributed by atoms with Crippen molar-refractivity contribution in [3.8, 4) is 0 Å². The molecule has 1 aromatic carbocycles. The Morgan fingerprint density at radius 2 is 1.54 bits per heavy atom. The lowest BCUT2D eigenvalue weighted by Crippen LogP contribution is -2.54. The van der Waals surface area contributed by atoms with Gasteiger partial charge in [0.2, 0.25) is 11.6 Å². The third-order valence-corrected chi connectivity index (χ3v) is 8.18. The van der Waals surface area contributed by atoms with Crippen molar-refractivity contribution in [2.45, 2.75) is 117 Å². The van der Waals surface area contributed by atoms with Crippen LogP contribution in [-0.4, -0.2) is 17.5 Å². The summed E-state index contributed by atoms with van der Waals surface area (Å²) in [6.07, 6.45) is 6.83. The minimum Gasteiger partial charge on any atom is -0.454 e. The first kappa shape index (κ1) is 28.1. The number of hydrogen-bond acceptors (Lipinski definition) is 5. The van der Waals surface area contributed by atoms with Crippen LogP contribution in [-0.2, 0) is 29.6 Å². The molecular weight excluding hydrogens is 447 g/mol. The third kappa shape index (κ3) is 5.45. The van der Waals surface area contributed by atoms with Crippen molar-refractivity contribution in [2.75, 3.05) is 0 Å². The number of ether oxygens (including phenoxy) is 2. The lowest BCUT2D eigenvalue weighted by Gasteiger charge is -2.50. The molecule has 198 valence electrons. The van der Waals surface area contributed by atoms with Gasteiger partial charge in [-0.1, -0.05) is 53.7 Å². The maximum absolute atomic E-state index is 13.5. The summed E-state index contributed by atoms with van der Waals surface area (Å²) in [5.41, 5.74) is 0.0122. The monoisotopic (exact) mass is 492 g/mol. The average Bonchev–Trinajstić information content (AvgIpc) is 3.23. The van der Waals surface area contributed by atoms with Gasteiger partial charge in [-0.15, -0.1) is 0 Å². The minimum atomic E-state index is -0.814. The highest BCUT2D eigenvalue weighted by Gasteiger charge is 2.64. The van der Waals surface area contributed by atoms with Gasteiger partial charge in [0.15, 0.2) is 0 Å². The fourth-order valence-electron chi connectivity index (χ4n) is 6.83. The minimum absolute atomic E-state index is 0.278. The van der Waals surface area contributed by atoms with Crippen molar-refractivity contribution in [2.24, 2.45) is 23.7 Å². The van der Waals surface area contributed by atoms with Crippen molar-refractivity contribution in [3.63, 3.8) is 0 Å².